The number of rotatable bonds is 3. The molecular formula is C30H33N7O4. The summed E-state index contributed by atoms with van der Waals surface area (Å²) < 4.78 is 7.74. The minimum absolute atomic E-state index is 0.0293. The van der Waals surface area contributed by atoms with Crippen molar-refractivity contribution in [3.05, 3.63) is 90.0 Å². The quantitative estimate of drug-likeness (QED) is 0.356. The first-order valence-corrected chi connectivity index (χ1v) is 13.6. The zero-order valence-corrected chi connectivity index (χ0v) is 23.0. The van der Waals surface area contributed by atoms with Crippen LogP contribution in [-0.4, -0.2) is 68.6 Å². The molecule has 0 fully saturated rings. The van der Waals surface area contributed by atoms with E-state index in [1.807, 2.05) is 44.2 Å². The van der Waals surface area contributed by atoms with Crippen LogP contribution in [-0.2, 0) is 11.3 Å². The summed E-state index contributed by atoms with van der Waals surface area (Å²) in [4.78, 5) is 48.7. The van der Waals surface area contributed by atoms with E-state index in [1.165, 1.54) is 4.90 Å². The Labute approximate surface area is 237 Å². The molecule has 0 spiro atoms. The molecule has 2 aromatic heterocycles. The van der Waals surface area contributed by atoms with E-state index in [1.54, 1.807) is 47.4 Å². The highest BCUT2D eigenvalue weighted by Crippen LogP contribution is 2.24. The summed E-state index contributed by atoms with van der Waals surface area (Å²) in [6, 6.07) is 17.7. The largest absolute Gasteiger partial charge is 0.492 e. The van der Waals surface area contributed by atoms with Crippen molar-refractivity contribution in [3.8, 4) is 17.1 Å². The summed E-state index contributed by atoms with van der Waals surface area (Å²) in [5, 5.41) is 10.7. The third-order valence-electron chi connectivity index (χ3n) is 6.80. The van der Waals surface area contributed by atoms with Crippen LogP contribution < -0.4 is 15.4 Å². The van der Waals surface area contributed by atoms with Gasteiger partial charge in [-0.2, -0.15) is 5.10 Å². The van der Waals surface area contributed by atoms with E-state index in [2.05, 4.69) is 15.6 Å². The van der Waals surface area contributed by atoms with E-state index in [0.29, 0.717) is 35.1 Å². The van der Waals surface area contributed by atoms with Gasteiger partial charge in [0.2, 0.25) is 5.91 Å². The summed E-state index contributed by atoms with van der Waals surface area (Å²) >= 11 is 0. The second-order valence-electron chi connectivity index (χ2n) is 10.1. The highest BCUT2D eigenvalue weighted by Gasteiger charge is 2.28. The van der Waals surface area contributed by atoms with Crippen molar-refractivity contribution in [1.82, 2.24) is 35.3 Å². The van der Waals surface area contributed by atoms with Crippen molar-refractivity contribution in [3.63, 3.8) is 0 Å². The minimum Gasteiger partial charge on any atom is -0.492 e. The number of H-pyrrole nitrogens is 1. The molecular weight excluding hydrogens is 522 g/mol. The number of benzene rings is 2. The zero-order valence-electron chi connectivity index (χ0n) is 23.0. The van der Waals surface area contributed by atoms with Gasteiger partial charge in [0.25, 0.3) is 11.8 Å². The predicted octanol–water partition coefficient (Wildman–Crippen LogP) is 3.05. The van der Waals surface area contributed by atoms with Crippen LogP contribution >= 0.6 is 0 Å². The lowest BCUT2D eigenvalue weighted by Crippen LogP contribution is -2.45. The van der Waals surface area contributed by atoms with Crippen LogP contribution in [0.3, 0.4) is 0 Å². The normalized spacial score (nSPS) is 16.8. The second kappa shape index (κ2) is 12.5. The molecule has 5 rings (SSSR count). The fourth-order valence-corrected chi connectivity index (χ4v) is 4.66. The molecule has 0 aliphatic carbocycles. The molecule has 11 heteroatoms. The summed E-state index contributed by atoms with van der Waals surface area (Å²) in [6.45, 7) is 4.73. The van der Waals surface area contributed by atoms with Crippen molar-refractivity contribution in [2.45, 2.75) is 26.4 Å². The lowest BCUT2D eigenvalue weighted by Gasteiger charge is -2.26. The Morgan fingerprint density at radius 1 is 1.02 bits per heavy atom. The van der Waals surface area contributed by atoms with Crippen LogP contribution in [0.15, 0.2) is 73.1 Å². The molecule has 4 aromatic rings. The molecule has 0 saturated carbocycles. The van der Waals surface area contributed by atoms with Gasteiger partial charge >= 0.3 is 0 Å². The van der Waals surface area contributed by atoms with Crippen molar-refractivity contribution in [1.29, 1.82) is 0 Å². The number of ether oxygens (including phenoxy) is 1. The van der Waals surface area contributed by atoms with E-state index in [0.717, 1.165) is 5.56 Å². The predicted molar refractivity (Wildman–Crippen MR) is 152 cm³/mol. The first kappa shape index (κ1) is 27.6. The van der Waals surface area contributed by atoms with Crippen molar-refractivity contribution < 1.29 is 19.1 Å². The van der Waals surface area contributed by atoms with Gasteiger partial charge in [-0.15, -0.1) is 0 Å². The van der Waals surface area contributed by atoms with Crippen LogP contribution in [0.5, 0.6) is 5.75 Å². The molecule has 1 aliphatic rings. The molecule has 11 nitrogen and oxygen atoms in total. The smallest absolute Gasteiger partial charge is 0.255 e. The fourth-order valence-electron chi connectivity index (χ4n) is 4.66. The summed E-state index contributed by atoms with van der Waals surface area (Å²) in [6.07, 6.45) is 3.23. The van der Waals surface area contributed by atoms with Crippen LogP contribution in [0.2, 0.25) is 0 Å². The van der Waals surface area contributed by atoms with Crippen LogP contribution in [0, 0.1) is 5.92 Å². The number of amides is 3. The molecule has 212 valence electrons. The number of aromatic amines is 1. The van der Waals surface area contributed by atoms with Gasteiger partial charge in [0, 0.05) is 36.6 Å². The molecule has 2 aromatic carbocycles. The van der Waals surface area contributed by atoms with E-state index in [9.17, 15) is 14.4 Å². The maximum Gasteiger partial charge on any atom is 0.255 e. The van der Waals surface area contributed by atoms with Gasteiger partial charge in [0.15, 0.2) is 11.6 Å². The summed E-state index contributed by atoms with van der Waals surface area (Å²) in [5.41, 5.74) is 1.71. The number of nitrogens with one attached hydrogen (secondary N) is 3. The van der Waals surface area contributed by atoms with Crippen LogP contribution in [0.1, 0.15) is 46.4 Å². The SMILES string of the molecule is CC(C)[C@@H]1NC(=O)CN(C(=O)c2cc[nH]c2)CCNC(=O)c2cccc(c2)OCCn2nc(-c3ccccc3)nc21. The van der Waals surface area contributed by atoms with Crippen LogP contribution in [0.25, 0.3) is 11.4 Å². The molecule has 3 amide bonds. The lowest BCUT2D eigenvalue weighted by molar-refractivity contribution is -0.123. The van der Waals surface area contributed by atoms with Gasteiger partial charge in [0.05, 0.1) is 24.7 Å². The number of hydrogen-bond acceptors (Lipinski definition) is 6. The Morgan fingerprint density at radius 2 is 1.83 bits per heavy atom. The monoisotopic (exact) mass is 555 g/mol. The molecule has 1 atom stereocenters. The van der Waals surface area contributed by atoms with Crippen molar-refractivity contribution in [2.75, 3.05) is 26.2 Å². The Kier molecular flexibility index (Phi) is 8.42. The Morgan fingerprint density at radius 3 is 2.59 bits per heavy atom. The van der Waals surface area contributed by atoms with E-state index >= 15 is 0 Å². The van der Waals surface area contributed by atoms with E-state index in [4.69, 9.17) is 14.8 Å². The average Bonchev–Trinajstić information content (AvgIpc) is 3.66. The fraction of sp³-hybridized carbons (Fsp3) is 0.300. The standard InChI is InChI=1S/C30H33N7O4/c1-20(2)26-28-34-27(21-7-4-3-5-8-21)35-37(28)15-16-41-24-10-6-9-22(17-24)29(39)32-13-14-36(19-25(38)33-26)30(40)23-11-12-31-18-23/h3-12,17-18,20,26,31H,13-16,19H2,1-2H3,(H,32,39)(H,33,38)/t26-/m0/s1. The first-order valence-electron chi connectivity index (χ1n) is 13.6. The van der Waals surface area contributed by atoms with Crippen molar-refractivity contribution in [2.24, 2.45) is 5.92 Å². The van der Waals surface area contributed by atoms with Gasteiger partial charge in [0.1, 0.15) is 12.4 Å². The van der Waals surface area contributed by atoms with Crippen LogP contribution in [0.4, 0.5) is 0 Å². The van der Waals surface area contributed by atoms with Gasteiger partial charge in [-0.05, 0) is 30.2 Å². The first-order chi connectivity index (χ1) is 19.9. The minimum atomic E-state index is -0.476. The lowest BCUT2D eigenvalue weighted by atomic mass is 10.0. The number of nitrogens with zero attached hydrogens (tertiary/aromatic N) is 4. The van der Waals surface area contributed by atoms with Gasteiger partial charge in [-0.3, -0.25) is 14.4 Å². The maximum atomic E-state index is 13.4. The van der Waals surface area contributed by atoms with E-state index in [-0.39, 0.29) is 49.9 Å². The average molecular weight is 556 g/mol. The Balaban J connectivity index is 1.50. The number of aromatic nitrogens is 4. The summed E-state index contributed by atoms with van der Waals surface area (Å²) in [5.74, 6) is 0.681. The second-order valence-corrected chi connectivity index (χ2v) is 10.1. The highest BCUT2D eigenvalue weighted by molar-refractivity contribution is 5.97. The molecule has 3 heterocycles. The highest BCUT2D eigenvalue weighted by atomic mass is 16.5. The van der Waals surface area contributed by atoms with Gasteiger partial charge < -0.3 is 25.3 Å². The molecule has 2 bridgehead atoms. The number of fused-ring (bicyclic) bond motifs is 3. The molecule has 0 unspecified atom stereocenters. The summed E-state index contributed by atoms with van der Waals surface area (Å²) in [7, 11) is 0. The molecule has 3 N–H and O–H groups in total. The molecule has 1 aliphatic heterocycles. The van der Waals surface area contributed by atoms with Gasteiger partial charge in [-0.1, -0.05) is 50.2 Å². The number of hydrogen-bond donors (Lipinski definition) is 3. The number of carbonyl (C=O) groups is 3. The van der Waals surface area contributed by atoms with Gasteiger partial charge in [-0.25, -0.2) is 9.67 Å². The topological polar surface area (TPSA) is 134 Å². The molecule has 0 radical (unpaired) electrons. The third kappa shape index (κ3) is 6.63. The van der Waals surface area contributed by atoms with E-state index < -0.39 is 6.04 Å². The molecule has 41 heavy (non-hydrogen) atoms. The third-order valence-corrected chi connectivity index (χ3v) is 6.80. The zero-order chi connectivity index (χ0) is 28.8. The molecule has 0 saturated heterocycles. The Hall–Kier alpha value is -4.93. The number of carbonyl (C=O) groups excluding carboxylic acids is 3. The Bertz CT molecular complexity index is 1500. The maximum absolute atomic E-state index is 13.4. The van der Waals surface area contributed by atoms with Crippen molar-refractivity contribution >= 4 is 17.7 Å².